The van der Waals surface area contributed by atoms with Crippen molar-refractivity contribution in [1.82, 2.24) is 9.38 Å². The normalized spacial score (nSPS) is 11.0. The highest BCUT2D eigenvalue weighted by atomic mass is 127. The molecule has 16 heavy (non-hydrogen) atoms. The molecule has 0 amide bonds. The minimum atomic E-state index is -0.217. The molecule has 7 heteroatoms. The number of fused-ring (bicyclic) bond motifs is 1. The summed E-state index contributed by atoms with van der Waals surface area (Å²) in [6.45, 7) is 0. The molecule has 0 atom stereocenters. The van der Waals surface area contributed by atoms with Gasteiger partial charge in [-0.25, -0.2) is 4.98 Å². The topological polar surface area (TPSA) is 34.4 Å². The number of pyridine rings is 1. The first kappa shape index (κ1) is 12.4. The van der Waals surface area contributed by atoms with E-state index >= 15 is 0 Å². The third-order valence-corrected chi connectivity index (χ3v) is 3.81. The van der Waals surface area contributed by atoms with E-state index in [1.807, 2.05) is 22.6 Å². The Morgan fingerprint density at radius 2 is 2.12 bits per heavy atom. The minimum Gasteiger partial charge on any atom is -0.268 e. The summed E-state index contributed by atoms with van der Waals surface area (Å²) in [5, 5.41) is 0.711. The van der Waals surface area contributed by atoms with E-state index in [2.05, 4.69) is 4.98 Å². The lowest BCUT2D eigenvalue weighted by Crippen LogP contribution is -2.20. The van der Waals surface area contributed by atoms with Gasteiger partial charge in [0.15, 0.2) is 5.65 Å². The van der Waals surface area contributed by atoms with Crippen molar-refractivity contribution in [2.45, 2.75) is 5.88 Å². The van der Waals surface area contributed by atoms with E-state index in [4.69, 9.17) is 34.8 Å². The van der Waals surface area contributed by atoms with Gasteiger partial charge in [-0.1, -0.05) is 23.2 Å². The summed E-state index contributed by atoms with van der Waals surface area (Å²) in [5.41, 5.74) is 0.675. The van der Waals surface area contributed by atoms with E-state index in [9.17, 15) is 4.79 Å². The van der Waals surface area contributed by atoms with Crippen LogP contribution in [0.15, 0.2) is 17.1 Å². The first-order chi connectivity index (χ1) is 7.54. The molecule has 3 nitrogen and oxygen atoms in total. The molecular weight excluding hydrogens is 385 g/mol. The summed E-state index contributed by atoms with van der Waals surface area (Å²) in [4.78, 5) is 16.2. The summed E-state index contributed by atoms with van der Waals surface area (Å²) in [7, 11) is 0. The molecule has 0 radical (unpaired) electrons. The second-order valence-electron chi connectivity index (χ2n) is 3.01. The van der Waals surface area contributed by atoms with Gasteiger partial charge in [0.05, 0.1) is 21.6 Å². The maximum atomic E-state index is 12.0. The highest BCUT2D eigenvalue weighted by Crippen LogP contribution is 2.21. The molecule has 0 aliphatic rings. The van der Waals surface area contributed by atoms with Crippen LogP contribution in [0.4, 0.5) is 0 Å². The maximum Gasteiger partial charge on any atom is 0.271 e. The van der Waals surface area contributed by atoms with Gasteiger partial charge < -0.3 is 0 Å². The van der Waals surface area contributed by atoms with Crippen molar-refractivity contribution in [3.8, 4) is 0 Å². The molecule has 0 N–H and O–H groups in total. The van der Waals surface area contributed by atoms with Gasteiger partial charge in [-0.2, -0.15) is 0 Å². The van der Waals surface area contributed by atoms with Crippen molar-refractivity contribution >= 4 is 63.0 Å². The zero-order valence-electron chi connectivity index (χ0n) is 7.68. The van der Waals surface area contributed by atoms with Crippen LogP contribution < -0.4 is 5.56 Å². The van der Waals surface area contributed by atoms with Gasteiger partial charge in [-0.3, -0.25) is 9.20 Å². The molecule has 0 aliphatic heterocycles. The van der Waals surface area contributed by atoms with E-state index in [0.717, 1.165) is 0 Å². The van der Waals surface area contributed by atoms with Gasteiger partial charge in [0, 0.05) is 6.20 Å². The summed E-state index contributed by atoms with van der Waals surface area (Å²) in [6, 6.07) is 1.54. The molecule has 0 saturated carbocycles. The number of hydrogen-bond acceptors (Lipinski definition) is 2. The fourth-order valence-electron chi connectivity index (χ4n) is 1.28. The van der Waals surface area contributed by atoms with Crippen LogP contribution in [0.25, 0.3) is 5.65 Å². The van der Waals surface area contributed by atoms with E-state index in [1.165, 1.54) is 16.7 Å². The van der Waals surface area contributed by atoms with Gasteiger partial charge in [0.25, 0.3) is 5.56 Å². The monoisotopic (exact) mass is 388 g/mol. The average molecular weight is 389 g/mol. The second-order valence-corrected chi connectivity index (χ2v) is 5.20. The van der Waals surface area contributed by atoms with Crippen LogP contribution in [-0.2, 0) is 5.88 Å². The van der Waals surface area contributed by atoms with Crippen LogP contribution in [0.2, 0.25) is 10.0 Å². The summed E-state index contributed by atoms with van der Waals surface area (Å²) >= 11 is 19.4. The largest absolute Gasteiger partial charge is 0.271 e. The smallest absolute Gasteiger partial charge is 0.268 e. The molecular formula is C9H4Cl3IN2O. The van der Waals surface area contributed by atoms with Gasteiger partial charge >= 0.3 is 0 Å². The number of alkyl halides is 1. The Hall–Kier alpha value is -0.0400. The lowest BCUT2D eigenvalue weighted by atomic mass is 10.4. The van der Waals surface area contributed by atoms with Crippen LogP contribution >= 0.6 is 57.4 Å². The zero-order valence-corrected chi connectivity index (χ0v) is 12.1. The minimum absolute atomic E-state index is 0.170. The SMILES string of the molecule is O=c1c(I)c(CCl)nc2c(Cl)cc(Cl)cn12. The van der Waals surface area contributed by atoms with Gasteiger partial charge in [0.2, 0.25) is 0 Å². The van der Waals surface area contributed by atoms with Crippen molar-refractivity contribution in [2.75, 3.05) is 0 Å². The van der Waals surface area contributed by atoms with Crippen LogP contribution in [0.1, 0.15) is 5.69 Å². The summed E-state index contributed by atoms with van der Waals surface area (Å²) < 4.78 is 1.80. The highest BCUT2D eigenvalue weighted by Gasteiger charge is 2.12. The third-order valence-electron chi connectivity index (χ3n) is 1.99. The molecule has 0 spiro atoms. The Balaban J connectivity index is 2.99. The lowest BCUT2D eigenvalue weighted by Gasteiger charge is -2.06. The number of hydrogen-bond donors (Lipinski definition) is 0. The zero-order chi connectivity index (χ0) is 11.9. The van der Waals surface area contributed by atoms with Crippen molar-refractivity contribution in [3.63, 3.8) is 0 Å². The first-order valence-electron chi connectivity index (χ1n) is 4.16. The maximum absolute atomic E-state index is 12.0. The fourth-order valence-corrected chi connectivity index (χ4v) is 2.78. The quantitative estimate of drug-likeness (QED) is 0.554. The number of rotatable bonds is 1. The van der Waals surface area contributed by atoms with Gasteiger partial charge in [-0.15, -0.1) is 11.6 Å². The predicted octanol–water partition coefficient (Wildman–Crippen LogP) is 3.34. The third kappa shape index (κ3) is 2.03. The predicted molar refractivity (Wildman–Crippen MR) is 73.8 cm³/mol. The first-order valence-corrected chi connectivity index (χ1v) is 6.53. The Morgan fingerprint density at radius 1 is 1.44 bits per heavy atom. The van der Waals surface area contributed by atoms with Crippen molar-refractivity contribution in [2.24, 2.45) is 0 Å². The Labute approximate surface area is 119 Å². The van der Waals surface area contributed by atoms with E-state index < -0.39 is 0 Å². The molecule has 0 unspecified atom stereocenters. The number of halogens is 4. The average Bonchev–Trinajstić information content (AvgIpc) is 2.24. The van der Waals surface area contributed by atoms with E-state index in [1.54, 1.807) is 0 Å². The van der Waals surface area contributed by atoms with E-state index in [0.29, 0.717) is 25.0 Å². The molecule has 0 aromatic carbocycles. The number of aromatic nitrogens is 2. The molecule has 0 saturated heterocycles. The van der Waals surface area contributed by atoms with Crippen LogP contribution in [0.5, 0.6) is 0 Å². The van der Waals surface area contributed by atoms with Crippen molar-refractivity contribution in [1.29, 1.82) is 0 Å². The molecule has 2 aromatic heterocycles. The second kappa shape index (κ2) is 4.68. The molecule has 0 aliphatic carbocycles. The summed E-state index contributed by atoms with van der Waals surface area (Å²) in [5.74, 6) is 0.170. The molecule has 2 aromatic rings. The fraction of sp³-hybridized carbons (Fsp3) is 0.111. The molecule has 84 valence electrons. The van der Waals surface area contributed by atoms with Crippen molar-refractivity contribution < 1.29 is 0 Å². The molecule has 0 bridgehead atoms. The Morgan fingerprint density at radius 3 is 2.75 bits per heavy atom. The molecule has 2 heterocycles. The van der Waals surface area contributed by atoms with Gasteiger partial charge in [-0.05, 0) is 28.7 Å². The van der Waals surface area contributed by atoms with E-state index in [-0.39, 0.29) is 11.4 Å². The van der Waals surface area contributed by atoms with Crippen molar-refractivity contribution in [3.05, 3.63) is 41.9 Å². The molecule has 2 rings (SSSR count). The molecule has 0 fully saturated rings. The Kier molecular flexibility index (Phi) is 3.63. The summed E-state index contributed by atoms with van der Waals surface area (Å²) in [6.07, 6.45) is 1.48. The van der Waals surface area contributed by atoms with Crippen LogP contribution in [0.3, 0.4) is 0 Å². The van der Waals surface area contributed by atoms with Gasteiger partial charge in [0.1, 0.15) is 3.57 Å². The standard InChI is InChI=1S/C9H4Cl3IN2O/c10-2-6-7(13)9(16)15-3-4(11)1-5(12)8(15)14-6/h1,3H,2H2. The highest BCUT2D eigenvalue weighted by molar-refractivity contribution is 14.1. The lowest BCUT2D eigenvalue weighted by molar-refractivity contribution is 0.991. The van der Waals surface area contributed by atoms with Crippen LogP contribution in [-0.4, -0.2) is 9.38 Å². The number of nitrogens with zero attached hydrogens (tertiary/aromatic N) is 2. The van der Waals surface area contributed by atoms with Crippen LogP contribution in [0, 0.1) is 3.57 Å². The Bertz CT molecular complexity index is 626.